The Bertz CT molecular complexity index is 560. The van der Waals surface area contributed by atoms with E-state index in [9.17, 15) is 0 Å². The first kappa shape index (κ1) is 12.1. The first-order valence-electron chi connectivity index (χ1n) is 6.01. The molecule has 0 unspecified atom stereocenters. The number of hydrogen-bond donors (Lipinski definition) is 0. The summed E-state index contributed by atoms with van der Waals surface area (Å²) in [4.78, 5) is 0. The van der Waals surface area contributed by atoms with Crippen LogP contribution in [0.2, 0.25) is 0 Å². The lowest BCUT2D eigenvalue weighted by Crippen LogP contribution is -1.77. The molecule has 0 heterocycles. The summed E-state index contributed by atoms with van der Waals surface area (Å²) in [6.07, 6.45) is 10.2. The van der Waals surface area contributed by atoms with E-state index in [1.807, 2.05) is 36.4 Å². The molecule has 0 aliphatic rings. The minimum atomic E-state index is 1.15. The molecule has 0 saturated carbocycles. The van der Waals surface area contributed by atoms with E-state index in [0.29, 0.717) is 0 Å². The van der Waals surface area contributed by atoms with Crippen LogP contribution in [0.25, 0.3) is 18.2 Å². The van der Waals surface area contributed by atoms with Crippen LogP contribution in [0.4, 0.5) is 0 Å². The van der Waals surface area contributed by atoms with Crippen molar-refractivity contribution in [1.82, 2.24) is 0 Å². The summed E-state index contributed by atoms with van der Waals surface area (Å²) in [5.74, 6) is 0. The first-order valence-corrected chi connectivity index (χ1v) is 6.01. The highest BCUT2D eigenvalue weighted by atomic mass is 14.0. The van der Waals surface area contributed by atoms with Crippen molar-refractivity contribution in [3.8, 4) is 0 Å². The Labute approximate surface area is 109 Å². The molecule has 88 valence electrons. The van der Waals surface area contributed by atoms with Gasteiger partial charge in [-0.15, -0.1) is 0 Å². The maximum absolute atomic E-state index is 3.82. The van der Waals surface area contributed by atoms with E-state index in [2.05, 4.69) is 55.1 Å². The molecule has 0 spiro atoms. The van der Waals surface area contributed by atoms with Crippen LogP contribution in [0.3, 0.4) is 0 Å². The zero-order valence-electron chi connectivity index (χ0n) is 10.3. The van der Waals surface area contributed by atoms with Gasteiger partial charge in [0.2, 0.25) is 0 Å². The molecule has 2 aromatic carbocycles. The quantitative estimate of drug-likeness (QED) is 0.647. The minimum absolute atomic E-state index is 1.15. The van der Waals surface area contributed by atoms with Crippen LogP contribution < -0.4 is 0 Å². The van der Waals surface area contributed by atoms with Gasteiger partial charge in [0.25, 0.3) is 0 Å². The molecule has 0 amide bonds. The van der Waals surface area contributed by atoms with Gasteiger partial charge in [-0.1, -0.05) is 91.6 Å². The topological polar surface area (TPSA) is 0 Å². The highest BCUT2D eigenvalue weighted by Gasteiger charge is 1.91. The van der Waals surface area contributed by atoms with Gasteiger partial charge < -0.3 is 0 Å². The van der Waals surface area contributed by atoms with Crippen LogP contribution in [-0.4, -0.2) is 0 Å². The van der Waals surface area contributed by atoms with Gasteiger partial charge in [-0.2, -0.15) is 0 Å². The van der Waals surface area contributed by atoms with Crippen LogP contribution in [0.5, 0.6) is 0 Å². The second-order valence-electron chi connectivity index (χ2n) is 3.96. The Balaban J connectivity index is 2.08. The van der Waals surface area contributed by atoms with E-state index in [1.54, 1.807) is 0 Å². The molecule has 0 aliphatic heterocycles. The largest absolute Gasteiger partial charge is 0.0984 e. The third-order valence-electron chi connectivity index (χ3n) is 2.69. The van der Waals surface area contributed by atoms with E-state index >= 15 is 0 Å². The number of allylic oxidation sites excluding steroid dienone is 2. The fourth-order valence-corrected chi connectivity index (χ4v) is 1.74. The van der Waals surface area contributed by atoms with Crippen LogP contribution in [0.1, 0.15) is 16.7 Å². The Hall–Kier alpha value is -2.34. The number of benzene rings is 2. The predicted molar refractivity (Wildman–Crippen MR) is 81.0 cm³/mol. The van der Waals surface area contributed by atoms with Gasteiger partial charge in [0.05, 0.1) is 0 Å². The van der Waals surface area contributed by atoms with E-state index in [1.165, 1.54) is 11.1 Å². The second kappa shape index (κ2) is 6.41. The average molecular weight is 232 g/mol. The van der Waals surface area contributed by atoms with Crippen molar-refractivity contribution in [3.63, 3.8) is 0 Å². The predicted octanol–water partition coefficient (Wildman–Crippen LogP) is 5.06. The molecule has 0 atom stereocenters. The summed E-state index contributed by atoms with van der Waals surface area (Å²) in [6.45, 7) is 3.82. The molecule has 0 saturated heterocycles. The Kier molecular flexibility index (Phi) is 4.32. The molecule has 0 bridgehead atoms. The Morgan fingerprint density at radius 2 is 1.28 bits per heavy atom. The summed E-state index contributed by atoms with van der Waals surface area (Å²) in [7, 11) is 0. The van der Waals surface area contributed by atoms with Gasteiger partial charge in [-0.3, -0.25) is 0 Å². The standard InChI is InChI=1S/C18H16/c1-2-17-13-8-9-15-18(17)14-7-6-12-16-10-4-3-5-11-16/h2-15H,1H2/b12-6+,14-7-. The number of hydrogen-bond acceptors (Lipinski definition) is 0. The summed E-state index contributed by atoms with van der Waals surface area (Å²) in [5.41, 5.74) is 3.55. The monoisotopic (exact) mass is 232 g/mol. The van der Waals surface area contributed by atoms with Crippen LogP contribution in [-0.2, 0) is 0 Å². The Morgan fingerprint density at radius 1 is 0.667 bits per heavy atom. The molecular formula is C18H16. The minimum Gasteiger partial charge on any atom is -0.0984 e. The number of rotatable bonds is 4. The smallest absolute Gasteiger partial charge is 0.0184 e. The molecule has 0 aromatic heterocycles. The fourth-order valence-electron chi connectivity index (χ4n) is 1.74. The maximum atomic E-state index is 3.82. The summed E-state index contributed by atoms with van der Waals surface area (Å²) < 4.78 is 0. The fraction of sp³-hybridized carbons (Fsp3) is 0. The van der Waals surface area contributed by atoms with Crippen LogP contribution in [0, 0.1) is 0 Å². The molecule has 18 heavy (non-hydrogen) atoms. The molecule has 0 radical (unpaired) electrons. The maximum Gasteiger partial charge on any atom is -0.0184 e. The molecule has 0 N–H and O–H groups in total. The van der Waals surface area contributed by atoms with Gasteiger partial charge in [-0.25, -0.2) is 0 Å². The molecule has 2 rings (SSSR count). The summed E-state index contributed by atoms with van der Waals surface area (Å²) >= 11 is 0. The first-order chi connectivity index (χ1) is 8.90. The van der Waals surface area contributed by atoms with E-state index in [0.717, 1.165) is 5.56 Å². The second-order valence-corrected chi connectivity index (χ2v) is 3.96. The zero-order chi connectivity index (χ0) is 12.6. The average Bonchev–Trinajstić information content (AvgIpc) is 2.45. The molecule has 0 nitrogen and oxygen atoms in total. The van der Waals surface area contributed by atoms with E-state index in [-0.39, 0.29) is 0 Å². The van der Waals surface area contributed by atoms with Crippen molar-refractivity contribution in [3.05, 3.63) is 90.0 Å². The van der Waals surface area contributed by atoms with Gasteiger partial charge >= 0.3 is 0 Å². The van der Waals surface area contributed by atoms with Crippen molar-refractivity contribution >= 4 is 18.2 Å². The van der Waals surface area contributed by atoms with Gasteiger partial charge in [0, 0.05) is 0 Å². The third-order valence-corrected chi connectivity index (χ3v) is 2.69. The Morgan fingerprint density at radius 3 is 2.00 bits per heavy atom. The molecule has 0 aliphatic carbocycles. The zero-order valence-corrected chi connectivity index (χ0v) is 10.3. The molecule has 0 fully saturated rings. The lowest BCUT2D eigenvalue weighted by Gasteiger charge is -1.98. The van der Waals surface area contributed by atoms with Crippen molar-refractivity contribution in [2.45, 2.75) is 0 Å². The highest BCUT2D eigenvalue weighted by molar-refractivity contribution is 5.66. The van der Waals surface area contributed by atoms with Gasteiger partial charge in [0.15, 0.2) is 0 Å². The molecule has 0 heteroatoms. The van der Waals surface area contributed by atoms with Crippen molar-refractivity contribution in [2.75, 3.05) is 0 Å². The van der Waals surface area contributed by atoms with Gasteiger partial charge in [0.1, 0.15) is 0 Å². The van der Waals surface area contributed by atoms with Crippen LogP contribution in [0.15, 0.2) is 73.3 Å². The lowest BCUT2D eigenvalue weighted by molar-refractivity contribution is 1.61. The highest BCUT2D eigenvalue weighted by Crippen LogP contribution is 2.12. The third kappa shape index (κ3) is 3.33. The summed E-state index contributed by atoms with van der Waals surface area (Å²) in [5, 5.41) is 0. The van der Waals surface area contributed by atoms with Crippen molar-refractivity contribution in [2.24, 2.45) is 0 Å². The van der Waals surface area contributed by atoms with Crippen LogP contribution >= 0.6 is 0 Å². The summed E-state index contributed by atoms with van der Waals surface area (Å²) in [6, 6.07) is 18.5. The van der Waals surface area contributed by atoms with E-state index < -0.39 is 0 Å². The molecular weight excluding hydrogens is 216 g/mol. The van der Waals surface area contributed by atoms with Crippen molar-refractivity contribution < 1.29 is 0 Å². The SMILES string of the molecule is C=Cc1ccccc1/C=C\C=C\c1ccccc1. The van der Waals surface area contributed by atoms with Crippen molar-refractivity contribution in [1.29, 1.82) is 0 Å². The van der Waals surface area contributed by atoms with Gasteiger partial charge in [-0.05, 0) is 16.7 Å². The lowest BCUT2D eigenvalue weighted by atomic mass is 10.1. The van der Waals surface area contributed by atoms with E-state index in [4.69, 9.17) is 0 Å². The normalized spacial score (nSPS) is 11.1. The molecule has 2 aromatic rings.